The van der Waals surface area contributed by atoms with Gasteiger partial charge in [-0.3, -0.25) is 9.69 Å². The minimum Gasteiger partial charge on any atom is -0.480 e. The molecule has 0 spiro atoms. The number of ether oxygens (including phenoxy) is 1. The third kappa shape index (κ3) is 3.86. The second kappa shape index (κ2) is 5.70. The SMILES string of the molecule is O=C(O)[C@H]1CCCN1Cc1ccc(OC(F)(F)F)cc1. The average Bonchev–Trinajstić information content (AvgIpc) is 2.78. The minimum absolute atomic E-state index is 0.280. The van der Waals surface area contributed by atoms with Crippen LogP contribution in [0.1, 0.15) is 18.4 Å². The first kappa shape index (κ1) is 14.6. The highest BCUT2D eigenvalue weighted by Gasteiger charge is 2.32. The van der Waals surface area contributed by atoms with Gasteiger partial charge in [0.05, 0.1) is 0 Å². The highest BCUT2D eigenvalue weighted by atomic mass is 19.4. The number of alkyl halides is 3. The van der Waals surface area contributed by atoms with Gasteiger partial charge in [-0.15, -0.1) is 13.2 Å². The summed E-state index contributed by atoms with van der Waals surface area (Å²) in [5.74, 6) is -1.14. The zero-order valence-corrected chi connectivity index (χ0v) is 10.6. The average molecular weight is 289 g/mol. The van der Waals surface area contributed by atoms with E-state index in [9.17, 15) is 18.0 Å². The molecular weight excluding hydrogens is 275 g/mol. The van der Waals surface area contributed by atoms with Gasteiger partial charge in [-0.1, -0.05) is 12.1 Å². The van der Waals surface area contributed by atoms with Crippen molar-refractivity contribution in [3.8, 4) is 5.75 Å². The Morgan fingerprint density at radius 1 is 1.35 bits per heavy atom. The van der Waals surface area contributed by atoms with Gasteiger partial charge in [0, 0.05) is 6.54 Å². The number of carboxylic acids is 1. The summed E-state index contributed by atoms with van der Waals surface area (Å²) in [6.07, 6.45) is -3.29. The standard InChI is InChI=1S/C13H14F3NO3/c14-13(15,16)20-10-5-3-9(4-6-10)8-17-7-1-2-11(17)12(18)19/h3-6,11H,1-2,7-8H2,(H,18,19)/t11-/m1/s1. The summed E-state index contributed by atoms with van der Waals surface area (Å²) in [5.41, 5.74) is 0.757. The normalized spacial score (nSPS) is 20.1. The van der Waals surface area contributed by atoms with Gasteiger partial charge >= 0.3 is 12.3 Å². The maximum Gasteiger partial charge on any atom is 0.573 e. The number of hydrogen-bond donors (Lipinski definition) is 1. The largest absolute Gasteiger partial charge is 0.573 e. The van der Waals surface area contributed by atoms with Crippen LogP contribution in [0.5, 0.6) is 5.75 Å². The quantitative estimate of drug-likeness (QED) is 0.925. The van der Waals surface area contributed by atoms with Crippen molar-refractivity contribution in [2.75, 3.05) is 6.54 Å². The molecular formula is C13H14F3NO3. The Labute approximate surface area is 113 Å². The molecule has 1 N–H and O–H groups in total. The van der Waals surface area contributed by atoms with Crippen LogP contribution in [0, 0.1) is 0 Å². The predicted molar refractivity (Wildman–Crippen MR) is 64.2 cm³/mol. The highest BCUT2D eigenvalue weighted by molar-refractivity contribution is 5.73. The zero-order chi connectivity index (χ0) is 14.8. The van der Waals surface area contributed by atoms with Gasteiger partial charge in [-0.05, 0) is 37.1 Å². The maximum absolute atomic E-state index is 12.0. The molecule has 110 valence electrons. The summed E-state index contributed by atoms with van der Waals surface area (Å²) < 4.78 is 39.8. The van der Waals surface area contributed by atoms with Crippen LogP contribution in [0.3, 0.4) is 0 Å². The molecule has 0 unspecified atom stereocenters. The molecule has 1 saturated heterocycles. The van der Waals surface area contributed by atoms with Gasteiger partial charge in [0.15, 0.2) is 0 Å². The Morgan fingerprint density at radius 2 is 2.00 bits per heavy atom. The second-order valence-electron chi connectivity index (χ2n) is 4.66. The topological polar surface area (TPSA) is 49.8 Å². The molecule has 1 aromatic rings. The van der Waals surface area contributed by atoms with Gasteiger partial charge in [-0.25, -0.2) is 0 Å². The third-order valence-electron chi connectivity index (χ3n) is 3.19. The molecule has 0 bridgehead atoms. The highest BCUT2D eigenvalue weighted by Crippen LogP contribution is 2.24. The first-order valence-electron chi connectivity index (χ1n) is 6.17. The fourth-order valence-electron chi connectivity index (χ4n) is 2.33. The fourth-order valence-corrected chi connectivity index (χ4v) is 2.33. The van der Waals surface area contributed by atoms with Gasteiger partial charge in [-0.2, -0.15) is 0 Å². The Kier molecular flexibility index (Phi) is 4.17. The molecule has 1 aromatic carbocycles. The number of aliphatic carboxylic acids is 1. The van der Waals surface area contributed by atoms with E-state index in [0.29, 0.717) is 19.5 Å². The lowest BCUT2D eigenvalue weighted by molar-refractivity contribution is -0.274. The Balaban J connectivity index is 1.98. The molecule has 0 aliphatic carbocycles. The number of carboxylic acid groups (broad SMARTS) is 1. The van der Waals surface area contributed by atoms with E-state index in [2.05, 4.69) is 4.74 Å². The minimum atomic E-state index is -4.70. The number of benzene rings is 1. The molecule has 1 heterocycles. The van der Waals surface area contributed by atoms with E-state index >= 15 is 0 Å². The molecule has 4 nitrogen and oxygen atoms in total. The summed E-state index contributed by atoms with van der Waals surface area (Å²) in [5, 5.41) is 9.05. The predicted octanol–water partition coefficient (Wildman–Crippen LogP) is 2.63. The summed E-state index contributed by atoms with van der Waals surface area (Å²) in [7, 11) is 0. The van der Waals surface area contributed by atoms with Gasteiger partial charge in [0.1, 0.15) is 11.8 Å². The van der Waals surface area contributed by atoms with Crippen LogP contribution in [0.25, 0.3) is 0 Å². The van der Waals surface area contributed by atoms with Crippen molar-refractivity contribution in [1.82, 2.24) is 4.90 Å². The molecule has 0 amide bonds. The summed E-state index contributed by atoms with van der Waals surface area (Å²) in [6.45, 7) is 1.08. The van der Waals surface area contributed by atoms with Crippen LogP contribution in [-0.2, 0) is 11.3 Å². The van der Waals surface area contributed by atoms with Gasteiger partial charge in [0.25, 0.3) is 0 Å². The van der Waals surface area contributed by atoms with Gasteiger partial charge in [0.2, 0.25) is 0 Å². The van der Waals surface area contributed by atoms with Crippen LogP contribution in [0.2, 0.25) is 0 Å². The second-order valence-corrected chi connectivity index (χ2v) is 4.66. The number of likely N-dealkylation sites (tertiary alicyclic amines) is 1. The number of hydrogen-bond acceptors (Lipinski definition) is 3. The monoisotopic (exact) mass is 289 g/mol. The summed E-state index contributed by atoms with van der Waals surface area (Å²) in [4.78, 5) is 12.8. The number of rotatable bonds is 4. The van der Waals surface area contributed by atoms with Gasteiger partial charge < -0.3 is 9.84 Å². The van der Waals surface area contributed by atoms with Crippen LogP contribution in [-0.4, -0.2) is 34.9 Å². The lowest BCUT2D eigenvalue weighted by Gasteiger charge is -2.21. The van der Waals surface area contributed by atoms with Crippen LogP contribution < -0.4 is 4.74 Å². The molecule has 20 heavy (non-hydrogen) atoms. The maximum atomic E-state index is 12.0. The van der Waals surface area contributed by atoms with Crippen molar-refractivity contribution >= 4 is 5.97 Å². The molecule has 0 radical (unpaired) electrons. The van der Waals surface area contributed by atoms with E-state index in [0.717, 1.165) is 12.0 Å². The fraction of sp³-hybridized carbons (Fsp3) is 0.462. The van der Waals surface area contributed by atoms with E-state index in [4.69, 9.17) is 5.11 Å². The van der Waals surface area contributed by atoms with Crippen molar-refractivity contribution in [2.24, 2.45) is 0 Å². The van der Waals surface area contributed by atoms with Crippen molar-refractivity contribution < 1.29 is 27.8 Å². The molecule has 2 rings (SSSR count). The van der Waals surface area contributed by atoms with Crippen molar-refractivity contribution in [2.45, 2.75) is 31.8 Å². The molecule has 1 atom stereocenters. The Morgan fingerprint density at radius 3 is 2.55 bits per heavy atom. The Hall–Kier alpha value is -1.76. The van der Waals surface area contributed by atoms with Crippen LogP contribution in [0.15, 0.2) is 24.3 Å². The Bertz CT molecular complexity index is 473. The van der Waals surface area contributed by atoms with E-state index in [1.165, 1.54) is 24.3 Å². The van der Waals surface area contributed by atoms with E-state index in [1.807, 2.05) is 4.90 Å². The molecule has 0 aromatic heterocycles. The third-order valence-corrected chi connectivity index (χ3v) is 3.19. The van der Waals surface area contributed by atoms with Crippen molar-refractivity contribution in [3.05, 3.63) is 29.8 Å². The summed E-state index contributed by atoms with van der Waals surface area (Å²) in [6, 6.07) is 4.97. The van der Waals surface area contributed by atoms with E-state index < -0.39 is 18.4 Å². The first-order chi connectivity index (χ1) is 9.35. The molecule has 1 aliphatic heterocycles. The number of halogens is 3. The van der Waals surface area contributed by atoms with Crippen molar-refractivity contribution in [1.29, 1.82) is 0 Å². The lowest BCUT2D eigenvalue weighted by Crippen LogP contribution is -2.35. The lowest BCUT2D eigenvalue weighted by atomic mass is 10.2. The van der Waals surface area contributed by atoms with Crippen molar-refractivity contribution in [3.63, 3.8) is 0 Å². The van der Waals surface area contributed by atoms with Crippen LogP contribution in [0.4, 0.5) is 13.2 Å². The van der Waals surface area contributed by atoms with Crippen LogP contribution >= 0.6 is 0 Å². The summed E-state index contributed by atoms with van der Waals surface area (Å²) >= 11 is 0. The number of nitrogens with zero attached hydrogens (tertiary/aromatic N) is 1. The molecule has 1 fully saturated rings. The molecule has 7 heteroatoms. The smallest absolute Gasteiger partial charge is 0.480 e. The molecule has 0 saturated carbocycles. The van der Waals surface area contributed by atoms with E-state index in [-0.39, 0.29) is 5.75 Å². The zero-order valence-electron chi connectivity index (χ0n) is 10.6. The first-order valence-corrected chi connectivity index (χ1v) is 6.17. The molecule has 1 aliphatic rings. The number of carbonyl (C=O) groups is 1. The van der Waals surface area contributed by atoms with E-state index in [1.54, 1.807) is 0 Å².